The van der Waals surface area contributed by atoms with Gasteiger partial charge in [0, 0.05) is 10.0 Å². The minimum Gasteiger partial charge on any atom is -0.306 e. The second-order valence-electron chi connectivity index (χ2n) is 4.42. The Bertz CT molecular complexity index is 809. The fourth-order valence-corrected chi connectivity index (χ4v) is 2.73. The van der Waals surface area contributed by atoms with Gasteiger partial charge in [0.1, 0.15) is 5.82 Å². The second kappa shape index (κ2) is 4.63. The summed E-state index contributed by atoms with van der Waals surface area (Å²) in [7, 11) is 0. The normalized spacial score (nSPS) is 10.8. The molecule has 0 bridgehead atoms. The third kappa shape index (κ3) is 2.19. The van der Waals surface area contributed by atoms with Crippen LogP contribution in [0.3, 0.4) is 0 Å². The molecule has 0 aliphatic carbocycles. The highest BCUT2D eigenvalue weighted by Gasteiger charge is 2.09. The summed E-state index contributed by atoms with van der Waals surface area (Å²) in [4.78, 5) is 19.5. The number of aromatic nitrogens is 2. The molecule has 0 atom stereocenters. The minimum atomic E-state index is -0.117. The summed E-state index contributed by atoms with van der Waals surface area (Å²) in [6.07, 6.45) is 0. The van der Waals surface area contributed by atoms with Crippen LogP contribution in [-0.2, 0) is 0 Å². The summed E-state index contributed by atoms with van der Waals surface area (Å²) in [5.74, 6) is 0.586. The fraction of sp³-hybridized carbons (Fsp3) is 0.0667. The van der Waals surface area contributed by atoms with Crippen molar-refractivity contribution in [3.8, 4) is 11.4 Å². The molecule has 19 heavy (non-hydrogen) atoms. The molecule has 0 saturated carbocycles. The van der Waals surface area contributed by atoms with Gasteiger partial charge in [0.2, 0.25) is 0 Å². The lowest BCUT2D eigenvalue weighted by atomic mass is 10.1. The molecule has 0 fully saturated rings. The van der Waals surface area contributed by atoms with Gasteiger partial charge in [-0.15, -0.1) is 0 Å². The molecule has 3 aromatic rings. The zero-order valence-electron chi connectivity index (χ0n) is 10.3. The van der Waals surface area contributed by atoms with Crippen molar-refractivity contribution in [3.63, 3.8) is 0 Å². The summed E-state index contributed by atoms with van der Waals surface area (Å²) in [5.41, 5.74) is 2.49. The number of fused-ring (bicyclic) bond motifs is 1. The lowest BCUT2D eigenvalue weighted by Gasteiger charge is -2.05. The first-order valence-electron chi connectivity index (χ1n) is 5.91. The van der Waals surface area contributed by atoms with Gasteiger partial charge >= 0.3 is 0 Å². The first-order chi connectivity index (χ1) is 9.15. The van der Waals surface area contributed by atoms with Crippen LogP contribution in [0.15, 0.2) is 51.7 Å². The van der Waals surface area contributed by atoms with Gasteiger partial charge in [-0.3, -0.25) is 4.79 Å². The van der Waals surface area contributed by atoms with E-state index in [-0.39, 0.29) is 5.56 Å². The van der Waals surface area contributed by atoms with Crippen LogP contribution < -0.4 is 5.56 Å². The molecule has 0 aliphatic rings. The Morgan fingerprint density at radius 1 is 1.16 bits per heavy atom. The van der Waals surface area contributed by atoms with Crippen LogP contribution >= 0.6 is 15.9 Å². The van der Waals surface area contributed by atoms with Gasteiger partial charge in [0.25, 0.3) is 5.56 Å². The Hall–Kier alpha value is -1.94. The first kappa shape index (κ1) is 12.1. The van der Waals surface area contributed by atoms with E-state index in [9.17, 15) is 4.79 Å². The van der Waals surface area contributed by atoms with Crippen molar-refractivity contribution < 1.29 is 0 Å². The maximum atomic E-state index is 12.2. The monoisotopic (exact) mass is 314 g/mol. The number of hydrogen-bond donors (Lipinski definition) is 1. The van der Waals surface area contributed by atoms with E-state index in [1.165, 1.54) is 0 Å². The van der Waals surface area contributed by atoms with E-state index in [1.54, 1.807) is 0 Å². The molecule has 1 aromatic heterocycles. The van der Waals surface area contributed by atoms with Crippen molar-refractivity contribution in [2.24, 2.45) is 0 Å². The number of halogens is 1. The number of aromatic amines is 1. The largest absolute Gasteiger partial charge is 0.306 e. The summed E-state index contributed by atoms with van der Waals surface area (Å²) in [6.45, 7) is 1.95. The third-order valence-corrected chi connectivity index (χ3v) is 3.56. The molecule has 0 saturated heterocycles. The smallest absolute Gasteiger partial charge is 0.259 e. The van der Waals surface area contributed by atoms with Crippen molar-refractivity contribution in [2.45, 2.75) is 6.92 Å². The highest BCUT2D eigenvalue weighted by molar-refractivity contribution is 9.10. The van der Waals surface area contributed by atoms with E-state index >= 15 is 0 Å². The maximum Gasteiger partial charge on any atom is 0.259 e. The van der Waals surface area contributed by atoms with Crippen LogP contribution in [0.4, 0.5) is 0 Å². The average Bonchev–Trinajstić information content (AvgIpc) is 2.41. The molecule has 0 spiro atoms. The van der Waals surface area contributed by atoms with Crippen LogP contribution in [-0.4, -0.2) is 9.97 Å². The fourth-order valence-electron chi connectivity index (χ4n) is 2.07. The summed E-state index contributed by atoms with van der Waals surface area (Å²) >= 11 is 3.47. The average molecular weight is 315 g/mol. The Morgan fingerprint density at radius 3 is 2.63 bits per heavy atom. The van der Waals surface area contributed by atoms with Gasteiger partial charge in [-0.2, -0.15) is 0 Å². The van der Waals surface area contributed by atoms with Crippen LogP contribution in [0.2, 0.25) is 0 Å². The van der Waals surface area contributed by atoms with E-state index in [2.05, 4.69) is 25.9 Å². The Morgan fingerprint density at radius 2 is 1.89 bits per heavy atom. The number of benzene rings is 2. The van der Waals surface area contributed by atoms with Crippen molar-refractivity contribution in [1.29, 1.82) is 0 Å². The predicted octanol–water partition coefficient (Wildman–Crippen LogP) is 3.66. The molecule has 0 radical (unpaired) electrons. The molecular formula is C15H11BrN2O. The van der Waals surface area contributed by atoms with E-state index in [1.807, 2.05) is 49.4 Å². The van der Waals surface area contributed by atoms with Crippen LogP contribution in [0.5, 0.6) is 0 Å². The van der Waals surface area contributed by atoms with Crippen molar-refractivity contribution in [1.82, 2.24) is 9.97 Å². The van der Waals surface area contributed by atoms with Crippen LogP contribution in [0.25, 0.3) is 22.3 Å². The van der Waals surface area contributed by atoms with Crippen LogP contribution in [0.1, 0.15) is 5.56 Å². The standard InChI is InChI=1S/C15H11BrN2O/c1-9-7-11-13(12(16)8-9)17-14(18-15(11)19)10-5-3-2-4-6-10/h2-8H,1H3,(H,17,18,19). The predicted molar refractivity (Wildman–Crippen MR) is 80.2 cm³/mol. The topological polar surface area (TPSA) is 45.8 Å². The number of nitrogens with zero attached hydrogens (tertiary/aromatic N) is 1. The molecule has 1 N–H and O–H groups in total. The Labute approximate surface area is 118 Å². The molecule has 2 aromatic carbocycles. The molecule has 0 amide bonds. The Balaban J connectivity index is 2.34. The van der Waals surface area contributed by atoms with E-state index < -0.39 is 0 Å². The van der Waals surface area contributed by atoms with Gasteiger partial charge < -0.3 is 4.98 Å². The summed E-state index contributed by atoms with van der Waals surface area (Å²) < 4.78 is 0.839. The highest BCUT2D eigenvalue weighted by Crippen LogP contribution is 2.23. The molecular weight excluding hydrogens is 304 g/mol. The zero-order chi connectivity index (χ0) is 13.4. The van der Waals surface area contributed by atoms with Crippen molar-refractivity contribution in [2.75, 3.05) is 0 Å². The number of hydrogen-bond acceptors (Lipinski definition) is 2. The molecule has 0 aliphatic heterocycles. The first-order valence-corrected chi connectivity index (χ1v) is 6.70. The van der Waals surface area contributed by atoms with E-state index in [0.717, 1.165) is 15.6 Å². The number of nitrogens with one attached hydrogen (secondary N) is 1. The molecule has 4 heteroatoms. The molecule has 0 unspecified atom stereocenters. The van der Waals surface area contributed by atoms with Crippen molar-refractivity contribution >= 4 is 26.8 Å². The Kier molecular flexibility index (Phi) is 2.95. The lowest BCUT2D eigenvalue weighted by molar-refractivity contribution is 1.17. The molecule has 1 heterocycles. The van der Waals surface area contributed by atoms with Gasteiger partial charge in [0.05, 0.1) is 10.9 Å². The minimum absolute atomic E-state index is 0.117. The summed E-state index contributed by atoms with van der Waals surface area (Å²) in [6, 6.07) is 13.4. The SMILES string of the molecule is Cc1cc(Br)c2nc(-c3ccccc3)[nH]c(=O)c2c1. The number of rotatable bonds is 1. The quantitative estimate of drug-likeness (QED) is 0.745. The third-order valence-electron chi connectivity index (χ3n) is 2.96. The number of H-pyrrole nitrogens is 1. The van der Waals surface area contributed by atoms with Crippen molar-refractivity contribution in [3.05, 3.63) is 62.9 Å². The second-order valence-corrected chi connectivity index (χ2v) is 5.28. The lowest BCUT2D eigenvalue weighted by Crippen LogP contribution is -2.10. The molecule has 3 rings (SSSR count). The van der Waals surface area contributed by atoms with Crippen LogP contribution in [0, 0.1) is 6.92 Å². The maximum absolute atomic E-state index is 12.2. The van der Waals surface area contributed by atoms with Gasteiger partial charge in [-0.05, 0) is 40.5 Å². The molecule has 3 nitrogen and oxygen atoms in total. The highest BCUT2D eigenvalue weighted by atomic mass is 79.9. The van der Waals surface area contributed by atoms with Gasteiger partial charge in [-0.25, -0.2) is 4.98 Å². The van der Waals surface area contributed by atoms with Gasteiger partial charge in [-0.1, -0.05) is 30.3 Å². The van der Waals surface area contributed by atoms with Gasteiger partial charge in [0.15, 0.2) is 0 Å². The van der Waals surface area contributed by atoms with E-state index in [4.69, 9.17) is 0 Å². The molecule has 94 valence electrons. The summed E-state index contributed by atoms with van der Waals surface area (Å²) in [5, 5.41) is 0.603. The zero-order valence-corrected chi connectivity index (χ0v) is 11.9. The number of aryl methyl sites for hydroxylation is 1. The van der Waals surface area contributed by atoms with E-state index in [0.29, 0.717) is 16.7 Å².